The first-order valence-electron chi connectivity index (χ1n) is 5.94. The normalized spacial score (nSPS) is 9.95. The minimum Gasteiger partial charge on any atom is -0.490 e. The molecule has 0 saturated heterocycles. The van der Waals surface area contributed by atoms with Crippen LogP contribution in [0.15, 0.2) is 36.7 Å². The van der Waals surface area contributed by atoms with Crippen LogP contribution in [-0.2, 0) is 6.61 Å². The highest BCUT2D eigenvalue weighted by atomic mass is 16.5. The standard InChI is InChI=1S/C14H14N2O3/c1-2-18-12-5-3-4-6-13(12)19-10-14-15-7-11(9-17)8-16-14/h3-9H,2,10H2,1H3. The summed E-state index contributed by atoms with van der Waals surface area (Å²) in [6.07, 6.45) is 3.63. The molecule has 1 heterocycles. The SMILES string of the molecule is CCOc1ccccc1OCc1ncc(C=O)cn1. The summed E-state index contributed by atoms with van der Waals surface area (Å²) >= 11 is 0. The molecule has 0 spiro atoms. The van der Waals surface area contributed by atoms with Crippen molar-refractivity contribution < 1.29 is 14.3 Å². The van der Waals surface area contributed by atoms with Crippen molar-refractivity contribution in [1.29, 1.82) is 0 Å². The first-order chi connectivity index (χ1) is 9.33. The molecule has 2 rings (SSSR count). The fourth-order valence-corrected chi connectivity index (χ4v) is 1.49. The smallest absolute Gasteiger partial charge is 0.166 e. The number of aromatic nitrogens is 2. The summed E-state index contributed by atoms with van der Waals surface area (Å²) in [4.78, 5) is 18.6. The van der Waals surface area contributed by atoms with Crippen LogP contribution < -0.4 is 9.47 Å². The van der Waals surface area contributed by atoms with E-state index >= 15 is 0 Å². The zero-order chi connectivity index (χ0) is 13.5. The summed E-state index contributed by atoms with van der Waals surface area (Å²) in [6, 6.07) is 7.42. The van der Waals surface area contributed by atoms with Crippen LogP contribution in [-0.4, -0.2) is 22.9 Å². The third-order valence-electron chi connectivity index (χ3n) is 2.37. The Hall–Kier alpha value is -2.43. The zero-order valence-corrected chi connectivity index (χ0v) is 10.6. The highest BCUT2D eigenvalue weighted by Gasteiger charge is 2.05. The van der Waals surface area contributed by atoms with E-state index in [4.69, 9.17) is 9.47 Å². The number of carbonyl (C=O) groups is 1. The van der Waals surface area contributed by atoms with Gasteiger partial charge in [-0.2, -0.15) is 0 Å². The Morgan fingerprint density at radius 3 is 2.32 bits per heavy atom. The number of aldehydes is 1. The van der Waals surface area contributed by atoms with Gasteiger partial charge in [-0.3, -0.25) is 4.79 Å². The summed E-state index contributed by atoms with van der Waals surface area (Å²) in [5.74, 6) is 1.85. The number of benzene rings is 1. The van der Waals surface area contributed by atoms with Crippen molar-refractivity contribution in [3.05, 3.63) is 48.0 Å². The monoisotopic (exact) mass is 258 g/mol. The topological polar surface area (TPSA) is 61.3 Å². The molecule has 0 amide bonds. The Morgan fingerprint density at radius 1 is 1.11 bits per heavy atom. The van der Waals surface area contributed by atoms with Gasteiger partial charge in [0.2, 0.25) is 0 Å². The number of hydrogen-bond donors (Lipinski definition) is 0. The number of para-hydroxylation sites is 2. The average molecular weight is 258 g/mol. The van der Waals surface area contributed by atoms with E-state index in [2.05, 4.69) is 9.97 Å². The first-order valence-corrected chi connectivity index (χ1v) is 5.94. The maximum Gasteiger partial charge on any atom is 0.166 e. The van der Waals surface area contributed by atoms with E-state index in [-0.39, 0.29) is 6.61 Å². The van der Waals surface area contributed by atoms with Crippen LogP contribution in [0.1, 0.15) is 23.1 Å². The zero-order valence-electron chi connectivity index (χ0n) is 10.6. The van der Waals surface area contributed by atoms with Crippen LogP contribution in [0, 0.1) is 0 Å². The predicted molar refractivity (Wildman–Crippen MR) is 69.4 cm³/mol. The molecule has 0 aliphatic rings. The van der Waals surface area contributed by atoms with Crippen molar-refractivity contribution >= 4 is 6.29 Å². The van der Waals surface area contributed by atoms with Gasteiger partial charge in [-0.05, 0) is 19.1 Å². The van der Waals surface area contributed by atoms with Gasteiger partial charge in [0, 0.05) is 12.4 Å². The fraction of sp³-hybridized carbons (Fsp3) is 0.214. The summed E-state index contributed by atoms with van der Waals surface area (Å²) in [5, 5.41) is 0. The molecule has 1 aromatic carbocycles. The Balaban J connectivity index is 2.03. The van der Waals surface area contributed by atoms with Gasteiger partial charge in [0.15, 0.2) is 23.6 Å². The van der Waals surface area contributed by atoms with Crippen molar-refractivity contribution in [2.45, 2.75) is 13.5 Å². The second-order valence-corrected chi connectivity index (χ2v) is 3.72. The molecular formula is C14H14N2O3. The molecule has 19 heavy (non-hydrogen) atoms. The van der Waals surface area contributed by atoms with Crippen LogP contribution in [0.3, 0.4) is 0 Å². The molecule has 0 N–H and O–H groups in total. The summed E-state index contributed by atoms with van der Waals surface area (Å²) < 4.78 is 11.1. The average Bonchev–Trinajstić information content (AvgIpc) is 2.47. The van der Waals surface area contributed by atoms with Crippen molar-refractivity contribution in [2.24, 2.45) is 0 Å². The van der Waals surface area contributed by atoms with Gasteiger partial charge in [-0.25, -0.2) is 9.97 Å². The third kappa shape index (κ3) is 3.51. The highest BCUT2D eigenvalue weighted by Crippen LogP contribution is 2.26. The van der Waals surface area contributed by atoms with Gasteiger partial charge < -0.3 is 9.47 Å². The molecule has 0 atom stereocenters. The largest absolute Gasteiger partial charge is 0.490 e. The van der Waals surface area contributed by atoms with Crippen LogP contribution >= 0.6 is 0 Å². The van der Waals surface area contributed by atoms with E-state index in [9.17, 15) is 4.79 Å². The second kappa shape index (κ2) is 6.49. The van der Waals surface area contributed by atoms with Crippen LogP contribution in [0.2, 0.25) is 0 Å². The molecule has 0 fully saturated rings. The Kier molecular flexibility index (Phi) is 4.44. The first kappa shape index (κ1) is 13.0. The summed E-state index contributed by atoms with van der Waals surface area (Å²) in [5.41, 5.74) is 0.443. The summed E-state index contributed by atoms with van der Waals surface area (Å²) in [6.45, 7) is 2.71. The number of carbonyl (C=O) groups excluding carboxylic acids is 1. The molecule has 98 valence electrons. The molecule has 1 aromatic heterocycles. The fourth-order valence-electron chi connectivity index (χ4n) is 1.49. The lowest BCUT2D eigenvalue weighted by Gasteiger charge is -2.10. The van der Waals surface area contributed by atoms with Gasteiger partial charge in [-0.15, -0.1) is 0 Å². The number of hydrogen-bond acceptors (Lipinski definition) is 5. The van der Waals surface area contributed by atoms with E-state index in [0.717, 1.165) is 0 Å². The number of nitrogens with zero attached hydrogens (tertiary/aromatic N) is 2. The number of ether oxygens (including phenoxy) is 2. The van der Waals surface area contributed by atoms with Crippen molar-refractivity contribution in [3.8, 4) is 11.5 Å². The Bertz CT molecular complexity index is 541. The van der Waals surface area contributed by atoms with E-state index in [0.29, 0.717) is 35.8 Å². The minimum absolute atomic E-state index is 0.225. The Morgan fingerprint density at radius 2 is 1.74 bits per heavy atom. The maximum atomic E-state index is 10.5. The van der Waals surface area contributed by atoms with Crippen molar-refractivity contribution in [2.75, 3.05) is 6.61 Å². The molecule has 0 aliphatic carbocycles. The summed E-state index contributed by atoms with van der Waals surface area (Å²) in [7, 11) is 0. The van der Waals surface area contributed by atoms with Gasteiger partial charge in [0.1, 0.15) is 6.61 Å². The molecule has 5 nitrogen and oxygen atoms in total. The molecule has 2 aromatic rings. The maximum absolute atomic E-state index is 10.5. The highest BCUT2D eigenvalue weighted by molar-refractivity contribution is 5.73. The molecule has 0 saturated carbocycles. The van der Waals surface area contributed by atoms with Crippen molar-refractivity contribution in [1.82, 2.24) is 9.97 Å². The lowest BCUT2D eigenvalue weighted by atomic mass is 10.3. The lowest BCUT2D eigenvalue weighted by molar-refractivity contribution is 0.112. The number of rotatable bonds is 6. The van der Waals surface area contributed by atoms with Gasteiger partial charge in [-0.1, -0.05) is 12.1 Å². The third-order valence-corrected chi connectivity index (χ3v) is 2.37. The van der Waals surface area contributed by atoms with Crippen LogP contribution in [0.4, 0.5) is 0 Å². The predicted octanol–water partition coefficient (Wildman–Crippen LogP) is 2.27. The van der Waals surface area contributed by atoms with E-state index in [1.165, 1.54) is 12.4 Å². The molecule has 0 unspecified atom stereocenters. The quantitative estimate of drug-likeness (QED) is 0.744. The second-order valence-electron chi connectivity index (χ2n) is 3.72. The van der Waals surface area contributed by atoms with Crippen LogP contribution in [0.25, 0.3) is 0 Å². The van der Waals surface area contributed by atoms with Gasteiger partial charge in [0.05, 0.1) is 12.2 Å². The van der Waals surface area contributed by atoms with E-state index in [1.807, 2.05) is 31.2 Å². The molecular weight excluding hydrogens is 244 g/mol. The van der Waals surface area contributed by atoms with E-state index in [1.54, 1.807) is 0 Å². The minimum atomic E-state index is 0.225. The Labute approximate surface area is 111 Å². The van der Waals surface area contributed by atoms with E-state index < -0.39 is 0 Å². The molecule has 0 bridgehead atoms. The molecule has 0 aliphatic heterocycles. The molecule has 0 radical (unpaired) electrons. The van der Waals surface area contributed by atoms with Gasteiger partial charge >= 0.3 is 0 Å². The lowest BCUT2D eigenvalue weighted by Crippen LogP contribution is -2.03. The van der Waals surface area contributed by atoms with Gasteiger partial charge in [0.25, 0.3) is 0 Å². The van der Waals surface area contributed by atoms with Crippen LogP contribution in [0.5, 0.6) is 11.5 Å². The van der Waals surface area contributed by atoms with Crippen molar-refractivity contribution in [3.63, 3.8) is 0 Å². The molecule has 5 heteroatoms.